The number of halogens is 1. The molecule has 6 N–H and O–H groups in total. The van der Waals surface area contributed by atoms with Gasteiger partial charge in [0.05, 0.1) is 24.1 Å². The highest BCUT2D eigenvalue weighted by molar-refractivity contribution is 7.98. The maximum atomic E-state index is 13.1. The van der Waals surface area contributed by atoms with E-state index < -0.39 is 41.5 Å². The molecule has 226 valence electrons. The van der Waals surface area contributed by atoms with Gasteiger partial charge in [-0.3, -0.25) is 14.4 Å². The highest BCUT2D eigenvalue weighted by atomic mass is 35.5. The van der Waals surface area contributed by atoms with Gasteiger partial charge < -0.3 is 31.5 Å². The molecule has 2 heterocycles. The average molecular weight is 620 g/mol. The number of esters is 1. The molecule has 0 aliphatic carbocycles. The fourth-order valence-corrected chi connectivity index (χ4v) is 5.16. The third-order valence-corrected chi connectivity index (χ3v) is 7.97. The molecule has 1 aliphatic heterocycles. The van der Waals surface area contributed by atoms with Crippen molar-refractivity contribution < 1.29 is 29.0 Å². The van der Waals surface area contributed by atoms with E-state index in [0.717, 1.165) is 0 Å². The molecule has 3 atom stereocenters. The number of fused-ring (bicyclic) bond motifs is 2. The van der Waals surface area contributed by atoms with E-state index in [1.54, 1.807) is 31.4 Å². The first kappa shape index (κ1) is 35.7. The summed E-state index contributed by atoms with van der Waals surface area (Å²) in [6.45, 7) is 10.6. The molecule has 0 fully saturated rings. The van der Waals surface area contributed by atoms with Gasteiger partial charge in [0, 0.05) is 5.38 Å². The minimum atomic E-state index is -1.33. The lowest BCUT2D eigenvalue weighted by atomic mass is 9.99. The summed E-state index contributed by atoms with van der Waals surface area (Å²) in [4.78, 5) is 55.8. The van der Waals surface area contributed by atoms with Crippen molar-refractivity contribution in [2.24, 2.45) is 17.6 Å². The smallest absolute Gasteiger partial charge is 0.329 e. The first-order valence-corrected chi connectivity index (χ1v) is 14.9. The molecule has 1 aromatic heterocycles. The highest BCUT2D eigenvalue weighted by Crippen LogP contribution is 2.15. The van der Waals surface area contributed by atoms with Crippen LogP contribution in [0.4, 0.5) is 0 Å². The van der Waals surface area contributed by atoms with Crippen molar-refractivity contribution in [1.29, 1.82) is 0 Å². The van der Waals surface area contributed by atoms with E-state index in [4.69, 9.17) is 10.5 Å². The average Bonchev–Trinajstić information content (AvgIpc) is 3.33. The summed E-state index contributed by atoms with van der Waals surface area (Å²) in [5.41, 5.74) is 4.76. The number of thiazole rings is 1. The third-order valence-electron chi connectivity index (χ3n) is 6.01. The number of carbonyl (C=O) groups excluding carboxylic acids is 4. The Morgan fingerprint density at radius 3 is 2.58 bits per heavy atom. The second-order valence-electron chi connectivity index (χ2n) is 10.6. The highest BCUT2D eigenvalue weighted by Gasteiger charge is 2.36. The van der Waals surface area contributed by atoms with E-state index in [9.17, 15) is 24.3 Å². The minimum Gasteiger partial charge on any atom is -0.456 e. The number of nitrogens with zero attached hydrogens (tertiary/aromatic N) is 1. The number of cyclic esters (lactones) is 1. The van der Waals surface area contributed by atoms with E-state index in [-0.39, 0.29) is 53.9 Å². The summed E-state index contributed by atoms with van der Waals surface area (Å²) in [7, 11) is 0. The van der Waals surface area contributed by atoms with Crippen LogP contribution in [0.5, 0.6) is 0 Å². The number of aliphatic hydroxyl groups is 1. The van der Waals surface area contributed by atoms with Crippen LogP contribution in [0.2, 0.25) is 0 Å². The van der Waals surface area contributed by atoms with Crippen molar-refractivity contribution in [3.8, 4) is 0 Å². The molecule has 2 rings (SSSR count). The third kappa shape index (κ3) is 10.9. The predicted molar refractivity (Wildman–Crippen MR) is 162 cm³/mol. The normalized spacial score (nSPS) is 22.1. The number of hydrogen-bond acceptors (Lipinski definition) is 8. The number of nitrogens with two attached hydrogens (primary N) is 1. The lowest BCUT2D eigenvalue weighted by Crippen LogP contribution is -2.59. The van der Waals surface area contributed by atoms with E-state index >= 15 is 0 Å². The van der Waals surface area contributed by atoms with Crippen LogP contribution in [0.25, 0.3) is 0 Å². The van der Waals surface area contributed by atoms with Gasteiger partial charge in [-0.25, -0.2) is 9.78 Å². The molecule has 0 spiro atoms. The van der Waals surface area contributed by atoms with Gasteiger partial charge in [0.15, 0.2) is 0 Å². The molecule has 40 heavy (non-hydrogen) atoms. The summed E-state index contributed by atoms with van der Waals surface area (Å²) >= 11 is 1.92. The number of carbonyl (C=O) groups is 4. The fourth-order valence-electron chi connectivity index (χ4n) is 3.43. The Morgan fingerprint density at radius 1 is 1.27 bits per heavy atom. The van der Waals surface area contributed by atoms with E-state index in [0.29, 0.717) is 28.5 Å². The minimum absolute atomic E-state index is 0. The van der Waals surface area contributed by atoms with Crippen LogP contribution >= 0.6 is 35.1 Å². The molecule has 0 saturated heterocycles. The van der Waals surface area contributed by atoms with Gasteiger partial charge in [0.1, 0.15) is 28.4 Å². The van der Waals surface area contributed by atoms with Crippen LogP contribution in [0, 0.1) is 11.8 Å². The molecule has 1 aromatic rings. The number of aliphatic hydroxyl groups excluding tert-OH is 1. The van der Waals surface area contributed by atoms with Crippen molar-refractivity contribution >= 4 is 63.8 Å². The van der Waals surface area contributed by atoms with Crippen LogP contribution in [0.15, 0.2) is 17.5 Å². The number of hydrogen-bond donors (Lipinski definition) is 6. The topological polar surface area (TPSA) is 173 Å². The monoisotopic (exact) mass is 619 g/mol. The molecule has 2 bridgehead atoms. The molecule has 0 radical (unpaired) electrons. The van der Waals surface area contributed by atoms with Crippen LogP contribution < -0.4 is 21.7 Å². The van der Waals surface area contributed by atoms with Gasteiger partial charge in [-0.05, 0) is 43.9 Å². The molecule has 3 amide bonds. The molecule has 1 aliphatic rings. The Kier molecular flexibility index (Phi) is 14.5. The Morgan fingerprint density at radius 2 is 1.95 bits per heavy atom. The zero-order chi connectivity index (χ0) is 29.3. The Balaban J connectivity index is 0.00000800. The standard InChI is InChI=1S/C26H41N5O6S2.ClH/c1-14(2)20(27)24(35)38-10-8-7-9-16-11-18(32)28-12-19-29-17(13-39-19)22(33)31-26(5,6)25(36)30-21(15(3)4)23(34)37-16;/h7,9,13-16,20-21,35,38H,8,10-12,27H2,1-6H3,(H,28,32)(H,30,36)(H,31,33);1H/b9-7+;/t16-,20+,21+;/m1./s1. The first-order chi connectivity index (χ1) is 18.2. The predicted octanol–water partition coefficient (Wildman–Crippen LogP) is 2.23. The number of thiol groups is 1. The number of amides is 3. The number of rotatable bonds is 7. The van der Waals surface area contributed by atoms with Crippen molar-refractivity contribution in [1.82, 2.24) is 20.9 Å². The Labute approximate surface area is 249 Å². The van der Waals surface area contributed by atoms with Gasteiger partial charge in [-0.1, -0.05) is 33.8 Å². The second kappa shape index (κ2) is 16.2. The van der Waals surface area contributed by atoms with Gasteiger partial charge in [0.2, 0.25) is 11.8 Å². The Bertz CT molecular complexity index is 1110. The first-order valence-electron chi connectivity index (χ1n) is 12.9. The van der Waals surface area contributed by atoms with Gasteiger partial charge in [-0.2, -0.15) is 11.4 Å². The van der Waals surface area contributed by atoms with Crippen molar-refractivity contribution in [3.05, 3.63) is 28.2 Å². The maximum absolute atomic E-state index is 13.1. The van der Waals surface area contributed by atoms with Crippen molar-refractivity contribution in [3.63, 3.8) is 0 Å². The number of ether oxygens (including phenoxy) is 1. The fraction of sp³-hybridized carbons (Fsp3) is 0.615. The molecule has 11 nitrogen and oxygen atoms in total. The summed E-state index contributed by atoms with van der Waals surface area (Å²) < 4.78 is 5.68. The Hall–Kier alpha value is -2.32. The van der Waals surface area contributed by atoms with Crippen molar-refractivity contribution in [2.45, 2.75) is 84.7 Å². The summed E-state index contributed by atoms with van der Waals surface area (Å²) in [6, 6.07) is -1.40. The number of nitrogens with one attached hydrogen (secondary N) is 3. The van der Waals surface area contributed by atoms with E-state index in [1.807, 2.05) is 13.8 Å². The lowest BCUT2D eigenvalue weighted by Gasteiger charge is -2.29. The SMILES string of the molecule is CC(C)[C@@H]1NC(=O)C(C)(C)NC(=O)c2csc(n2)CNC(=O)C[C@@H](/C=C/CC/[SH]=C(/O)[C@@H](N)C(C)C)OC1=O.Cl. The molecule has 0 saturated carbocycles. The van der Waals surface area contributed by atoms with Gasteiger partial charge in [-0.15, -0.1) is 23.7 Å². The maximum Gasteiger partial charge on any atom is 0.329 e. The van der Waals surface area contributed by atoms with Gasteiger partial charge >= 0.3 is 5.97 Å². The summed E-state index contributed by atoms with van der Waals surface area (Å²) in [5, 5.41) is 20.5. The van der Waals surface area contributed by atoms with Crippen LogP contribution in [0.3, 0.4) is 0 Å². The van der Waals surface area contributed by atoms with Crippen LogP contribution in [0.1, 0.15) is 69.9 Å². The molecule has 0 aromatic carbocycles. The van der Waals surface area contributed by atoms with Crippen LogP contribution in [-0.2, 0) is 25.7 Å². The molecule has 14 heteroatoms. The largest absolute Gasteiger partial charge is 0.456 e. The zero-order valence-electron chi connectivity index (χ0n) is 23.7. The quantitative estimate of drug-likeness (QED) is 0.0886. The zero-order valence-corrected chi connectivity index (χ0v) is 26.3. The molecule has 0 unspecified atom stereocenters. The lowest BCUT2D eigenvalue weighted by molar-refractivity contribution is -0.153. The van der Waals surface area contributed by atoms with Crippen molar-refractivity contribution in [2.75, 3.05) is 5.75 Å². The molecular formula is C26H42ClN5O6S2. The second-order valence-corrected chi connectivity index (χ2v) is 12.7. The molecular weight excluding hydrogens is 578 g/mol. The summed E-state index contributed by atoms with van der Waals surface area (Å²) in [5.74, 6) is -1.76. The van der Waals surface area contributed by atoms with Gasteiger partial charge in [0.25, 0.3) is 5.91 Å². The number of allylic oxidation sites excluding steroid dienone is 1. The van der Waals surface area contributed by atoms with E-state index in [1.165, 1.54) is 25.2 Å². The summed E-state index contributed by atoms with van der Waals surface area (Å²) in [6.07, 6.45) is 2.97. The van der Waals surface area contributed by atoms with Crippen LogP contribution in [-0.4, -0.2) is 68.3 Å². The number of aromatic nitrogens is 1. The van der Waals surface area contributed by atoms with E-state index in [2.05, 4.69) is 20.9 Å².